The summed E-state index contributed by atoms with van der Waals surface area (Å²) < 4.78 is 1.76. The summed E-state index contributed by atoms with van der Waals surface area (Å²) in [6, 6.07) is 1.95. The summed E-state index contributed by atoms with van der Waals surface area (Å²) in [5, 5.41) is 16.2. The van der Waals surface area contributed by atoms with E-state index >= 15 is 0 Å². The SMILES string of the molecule is C[C@@H](O)CNCc1ccn(C)n1. The highest BCUT2D eigenvalue weighted by Crippen LogP contribution is 1.92. The summed E-state index contributed by atoms with van der Waals surface area (Å²) in [5.41, 5.74) is 0.998. The van der Waals surface area contributed by atoms with E-state index < -0.39 is 0 Å². The summed E-state index contributed by atoms with van der Waals surface area (Å²) in [5.74, 6) is 0. The second-order valence-corrected chi connectivity index (χ2v) is 2.96. The van der Waals surface area contributed by atoms with E-state index in [0.29, 0.717) is 13.1 Å². The Bertz CT molecular complexity index is 232. The summed E-state index contributed by atoms with van der Waals surface area (Å²) in [7, 11) is 1.89. The Hall–Kier alpha value is -0.870. The van der Waals surface area contributed by atoms with Crippen molar-refractivity contribution in [2.75, 3.05) is 6.54 Å². The second kappa shape index (κ2) is 4.23. The van der Waals surface area contributed by atoms with Crippen molar-refractivity contribution in [2.45, 2.75) is 19.6 Å². The van der Waals surface area contributed by atoms with Crippen LogP contribution in [0.4, 0.5) is 0 Å². The first-order valence-electron chi connectivity index (χ1n) is 4.06. The molecule has 1 aromatic heterocycles. The van der Waals surface area contributed by atoms with Crippen LogP contribution < -0.4 is 5.32 Å². The van der Waals surface area contributed by atoms with E-state index in [1.807, 2.05) is 19.3 Å². The highest BCUT2D eigenvalue weighted by Gasteiger charge is 1.97. The van der Waals surface area contributed by atoms with Crippen molar-refractivity contribution in [3.8, 4) is 0 Å². The van der Waals surface area contributed by atoms with Crippen LogP contribution in [0.5, 0.6) is 0 Å². The Morgan fingerprint density at radius 3 is 3.00 bits per heavy atom. The van der Waals surface area contributed by atoms with Gasteiger partial charge in [0.05, 0.1) is 11.8 Å². The molecular weight excluding hydrogens is 154 g/mol. The van der Waals surface area contributed by atoms with Crippen LogP contribution in [-0.4, -0.2) is 27.5 Å². The maximum absolute atomic E-state index is 8.95. The monoisotopic (exact) mass is 169 g/mol. The molecule has 4 heteroatoms. The van der Waals surface area contributed by atoms with Gasteiger partial charge in [0, 0.05) is 26.3 Å². The number of hydrogen-bond donors (Lipinski definition) is 2. The minimum Gasteiger partial charge on any atom is -0.392 e. The summed E-state index contributed by atoms with van der Waals surface area (Å²) in [6.45, 7) is 3.08. The number of aromatic nitrogens is 2. The lowest BCUT2D eigenvalue weighted by Crippen LogP contribution is -2.24. The third-order valence-electron chi connectivity index (χ3n) is 1.51. The molecule has 0 aliphatic heterocycles. The van der Waals surface area contributed by atoms with E-state index in [9.17, 15) is 0 Å². The maximum Gasteiger partial charge on any atom is 0.0762 e. The number of aryl methyl sites for hydroxylation is 1. The fraction of sp³-hybridized carbons (Fsp3) is 0.625. The van der Waals surface area contributed by atoms with Crippen LogP contribution in [0.15, 0.2) is 12.3 Å². The predicted octanol–water partition coefficient (Wildman–Crippen LogP) is -0.110. The second-order valence-electron chi connectivity index (χ2n) is 2.96. The Balaban J connectivity index is 2.24. The van der Waals surface area contributed by atoms with Crippen LogP contribution in [0.3, 0.4) is 0 Å². The van der Waals surface area contributed by atoms with Crippen molar-refractivity contribution in [3.05, 3.63) is 18.0 Å². The molecule has 0 bridgehead atoms. The number of nitrogens with zero attached hydrogens (tertiary/aromatic N) is 2. The molecule has 0 spiro atoms. The van der Waals surface area contributed by atoms with Gasteiger partial charge in [0.1, 0.15) is 0 Å². The highest BCUT2D eigenvalue weighted by atomic mass is 16.3. The van der Waals surface area contributed by atoms with E-state index in [2.05, 4.69) is 10.4 Å². The zero-order valence-corrected chi connectivity index (χ0v) is 7.49. The zero-order chi connectivity index (χ0) is 8.97. The third-order valence-corrected chi connectivity index (χ3v) is 1.51. The van der Waals surface area contributed by atoms with Crippen molar-refractivity contribution in [1.82, 2.24) is 15.1 Å². The third kappa shape index (κ3) is 3.02. The van der Waals surface area contributed by atoms with Gasteiger partial charge in [-0.15, -0.1) is 0 Å². The van der Waals surface area contributed by atoms with Gasteiger partial charge >= 0.3 is 0 Å². The molecule has 12 heavy (non-hydrogen) atoms. The van der Waals surface area contributed by atoms with Gasteiger partial charge in [-0.05, 0) is 13.0 Å². The molecule has 0 amide bonds. The highest BCUT2D eigenvalue weighted by molar-refractivity contribution is 4.97. The number of hydrogen-bond acceptors (Lipinski definition) is 3. The molecule has 1 aromatic rings. The fourth-order valence-electron chi connectivity index (χ4n) is 0.967. The van der Waals surface area contributed by atoms with Gasteiger partial charge in [0.25, 0.3) is 0 Å². The topological polar surface area (TPSA) is 50.1 Å². The predicted molar refractivity (Wildman–Crippen MR) is 46.6 cm³/mol. The first-order valence-corrected chi connectivity index (χ1v) is 4.06. The summed E-state index contributed by atoms with van der Waals surface area (Å²) in [6.07, 6.45) is 1.60. The fourth-order valence-corrected chi connectivity index (χ4v) is 0.967. The molecule has 0 saturated carbocycles. The first-order chi connectivity index (χ1) is 5.68. The van der Waals surface area contributed by atoms with Crippen molar-refractivity contribution in [1.29, 1.82) is 0 Å². The minimum absolute atomic E-state index is 0.297. The lowest BCUT2D eigenvalue weighted by molar-refractivity contribution is 0.191. The molecule has 0 radical (unpaired) electrons. The standard InChI is InChI=1S/C8H15N3O/c1-7(12)5-9-6-8-3-4-11(2)10-8/h3-4,7,9,12H,5-6H2,1-2H3/t7-/m1/s1. The van der Waals surface area contributed by atoms with Crippen LogP contribution >= 0.6 is 0 Å². The lowest BCUT2D eigenvalue weighted by Gasteiger charge is -2.03. The van der Waals surface area contributed by atoms with Gasteiger partial charge in [-0.1, -0.05) is 0 Å². The quantitative estimate of drug-likeness (QED) is 0.661. The Morgan fingerprint density at radius 1 is 1.75 bits per heavy atom. The molecule has 0 saturated heterocycles. The molecule has 1 heterocycles. The molecule has 0 unspecified atom stereocenters. The summed E-state index contributed by atoms with van der Waals surface area (Å²) >= 11 is 0. The van der Waals surface area contributed by atoms with Crippen LogP contribution in [0.1, 0.15) is 12.6 Å². The maximum atomic E-state index is 8.95. The molecular formula is C8H15N3O. The largest absolute Gasteiger partial charge is 0.392 e. The minimum atomic E-state index is -0.297. The average Bonchev–Trinajstić information content (AvgIpc) is 2.35. The van der Waals surface area contributed by atoms with E-state index in [0.717, 1.165) is 5.69 Å². The summed E-state index contributed by atoms with van der Waals surface area (Å²) in [4.78, 5) is 0. The molecule has 1 atom stereocenters. The van der Waals surface area contributed by atoms with Gasteiger partial charge in [-0.25, -0.2) is 0 Å². The number of rotatable bonds is 4. The molecule has 4 nitrogen and oxygen atoms in total. The molecule has 1 rings (SSSR count). The number of aliphatic hydroxyl groups is 1. The van der Waals surface area contributed by atoms with Gasteiger partial charge in [0.2, 0.25) is 0 Å². The molecule has 0 aliphatic rings. The van der Waals surface area contributed by atoms with Crippen LogP contribution in [-0.2, 0) is 13.6 Å². The van der Waals surface area contributed by atoms with Crippen molar-refractivity contribution in [3.63, 3.8) is 0 Å². The molecule has 0 aromatic carbocycles. The van der Waals surface area contributed by atoms with Gasteiger partial charge < -0.3 is 10.4 Å². The van der Waals surface area contributed by atoms with Gasteiger partial charge in [-0.2, -0.15) is 5.10 Å². The molecule has 0 fully saturated rings. The zero-order valence-electron chi connectivity index (χ0n) is 7.49. The van der Waals surface area contributed by atoms with Crippen LogP contribution in [0.25, 0.3) is 0 Å². The van der Waals surface area contributed by atoms with Crippen molar-refractivity contribution < 1.29 is 5.11 Å². The number of nitrogens with one attached hydrogen (secondary N) is 1. The lowest BCUT2D eigenvalue weighted by atomic mass is 10.4. The van der Waals surface area contributed by atoms with Gasteiger partial charge in [-0.3, -0.25) is 4.68 Å². The Morgan fingerprint density at radius 2 is 2.50 bits per heavy atom. The molecule has 2 N–H and O–H groups in total. The molecule has 0 aliphatic carbocycles. The normalized spacial score (nSPS) is 13.2. The molecule has 68 valence electrons. The van der Waals surface area contributed by atoms with Crippen molar-refractivity contribution in [2.24, 2.45) is 7.05 Å². The Labute approximate surface area is 72.2 Å². The van der Waals surface area contributed by atoms with E-state index in [1.54, 1.807) is 11.6 Å². The van der Waals surface area contributed by atoms with E-state index in [1.165, 1.54) is 0 Å². The van der Waals surface area contributed by atoms with Crippen LogP contribution in [0.2, 0.25) is 0 Å². The van der Waals surface area contributed by atoms with Crippen molar-refractivity contribution >= 4 is 0 Å². The van der Waals surface area contributed by atoms with E-state index in [4.69, 9.17) is 5.11 Å². The smallest absolute Gasteiger partial charge is 0.0762 e. The average molecular weight is 169 g/mol. The first kappa shape index (κ1) is 9.22. The Kier molecular flexibility index (Phi) is 3.25. The van der Waals surface area contributed by atoms with Crippen LogP contribution in [0, 0.1) is 0 Å². The number of aliphatic hydroxyl groups excluding tert-OH is 1. The van der Waals surface area contributed by atoms with E-state index in [-0.39, 0.29) is 6.10 Å². The van der Waals surface area contributed by atoms with Gasteiger partial charge in [0.15, 0.2) is 0 Å².